The van der Waals surface area contributed by atoms with Gasteiger partial charge >= 0.3 is 0 Å². The molecule has 0 bridgehead atoms. The molecule has 394 valence electrons. The number of rotatable bonds is 4. The van der Waals surface area contributed by atoms with E-state index in [-0.39, 0.29) is 39.2 Å². The summed E-state index contributed by atoms with van der Waals surface area (Å²) in [7, 11) is 0. The second-order valence-corrected chi connectivity index (χ2v) is 28.8. The van der Waals surface area contributed by atoms with Crippen molar-refractivity contribution >= 4 is 79.2 Å². The van der Waals surface area contributed by atoms with E-state index in [0.29, 0.717) is 0 Å². The Labute approximate surface area is 466 Å². The average molecular weight is 1020 g/mol. The Morgan fingerprint density at radius 3 is 1.67 bits per heavy atom. The van der Waals surface area contributed by atoms with Gasteiger partial charge in [-0.25, -0.2) is 0 Å². The molecule has 2 aliphatic heterocycles. The van der Waals surface area contributed by atoms with E-state index in [4.69, 9.17) is 4.42 Å². The predicted octanol–water partition coefficient (Wildman–Crippen LogP) is 18.9. The molecular weight excluding hydrogens is 944 g/mol. The van der Waals surface area contributed by atoms with E-state index in [1.54, 1.807) is 0 Å². The minimum atomic E-state index is -0.102. The minimum Gasteiger partial charge on any atom is -0.456 e. The van der Waals surface area contributed by atoms with Gasteiger partial charge in [-0.15, -0.1) is 0 Å². The number of fused-ring (bicyclic) bond motifs is 9. The van der Waals surface area contributed by atoms with Gasteiger partial charge < -0.3 is 14.2 Å². The molecule has 0 saturated heterocycles. The predicted molar refractivity (Wildman–Crippen MR) is 336 cm³/mol. The summed E-state index contributed by atoms with van der Waals surface area (Å²) in [6.45, 7) is 38.4. The molecule has 0 unspecified atom stereocenters. The van der Waals surface area contributed by atoms with E-state index < -0.39 is 0 Å². The van der Waals surface area contributed by atoms with Crippen molar-refractivity contribution in [3.8, 4) is 22.3 Å². The standard InChI is InChI=1S/C74H79BN2O/c1-44-22-20-23-45(2)66(44)47-36-62-68-63(37-47)77(59-31-28-48(69(3,4)5)38-50(59)46-24-18-17-19-25-46)61-43-65-51(67-53(70(6,7)8)26-21-27-64(67)78-65)40-57(61)75(68)58-41-55-56(74(15,16)35-34-73(55,13)14)42-60(58)76(62)49-29-30-52-54(39-49)72(11,12)33-32-71(52,9)10/h17-31,36-43H,32-35H2,1-16H3. The number of hydrogen-bond acceptors (Lipinski definition) is 3. The zero-order valence-corrected chi connectivity index (χ0v) is 49.5. The highest BCUT2D eigenvalue weighted by Crippen LogP contribution is 2.55. The van der Waals surface area contributed by atoms with Crippen LogP contribution in [-0.4, -0.2) is 6.71 Å². The van der Waals surface area contributed by atoms with Crippen molar-refractivity contribution in [2.75, 3.05) is 9.80 Å². The van der Waals surface area contributed by atoms with Crippen LogP contribution in [0.2, 0.25) is 0 Å². The summed E-state index contributed by atoms with van der Waals surface area (Å²) in [5, 5.41) is 2.40. The molecule has 9 aromatic rings. The molecular formula is C74H79BN2O. The van der Waals surface area contributed by atoms with E-state index in [9.17, 15) is 0 Å². The lowest BCUT2D eigenvalue weighted by atomic mass is 9.33. The summed E-state index contributed by atoms with van der Waals surface area (Å²) in [5.74, 6) is 0. The van der Waals surface area contributed by atoms with Crippen LogP contribution in [0.3, 0.4) is 0 Å². The highest BCUT2D eigenvalue weighted by atomic mass is 16.3. The van der Waals surface area contributed by atoms with Gasteiger partial charge in [0.25, 0.3) is 6.71 Å². The van der Waals surface area contributed by atoms with Crippen molar-refractivity contribution in [1.29, 1.82) is 0 Å². The number of nitrogens with zero attached hydrogens (tertiary/aromatic N) is 2. The summed E-state index contributed by atoms with van der Waals surface area (Å²) in [5.41, 5.74) is 29.1. The third-order valence-corrected chi connectivity index (χ3v) is 19.5. The molecule has 78 heavy (non-hydrogen) atoms. The van der Waals surface area contributed by atoms with Crippen LogP contribution in [0.25, 0.3) is 44.2 Å². The topological polar surface area (TPSA) is 19.6 Å². The van der Waals surface area contributed by atoms with Crippen molar-refractivity contribution in [3.05, 3.63) is 184 Å². The first-order valence-electron chi connectivity index (χ1n) is 29.1. The smallest absolute Gasteiger partial charge is 0.252 e. The van der Waals surface area contributed by atoms with E-state index >= 15 is 0 Å². The molecule has 8 aromatic carbocycles. The van der Waals surface area contributed by atoms with Gasteiger partial charge in [0.05, 0.1) is 5.69 Å². The van der Waals surface area contributed by atoms with Crippen LogP contribution in [0.5, 0.6) is 0 Å². The molecule has 3 nitrogen and oxygen atoms in total. The number of anilines is 6. The Morgan fingerprint density at radius 2 is 1.03 bits per heavy atom. The van der Waals surface area contributed by atoms with Gasteiger partial charge in [0, 0.05) is 50.8 Å². The fourth-order valence-corrected chi connectivity index (χ4v) is 14.7. The molecule has 1 aromatic heterocycles. The van der Waals surface area contributed by atoms with Crippen LogP contribution >= 0.6 is 0 Å². The molecule has 0 spiro atoms. The molecule has 3 heterocycles. The fraction of sp³-hybridized carbons (Fsp3) is 0.351. The molecule has 0 amide bonds. The normalized spacial score (nSPS) is 17.6. The van der Waals surface area contributed by atoms with Crippen LogP contribution in [0.4, 0.5) is 34.1 Å². The van der Waals surface area contributed by atoms with Crippen LogP contribution in [-0.2, 0) is 32.5 Å². The fourth-order valence-electron chi connectivity index (χ4n) is 14.7. The third-order valence-electron chi connectivity index (χ3n) is 19.5. The molecule has 0 N–H and O–H groups in total. The highest BCUT2D eigenvalue weighted by molar-refractivity contribution is 7.00. The zero-order chi connectivity index (χ0) is 55.0. The lowest BCUT2D eigenvalue weighted by Gasteiger charge is -2.48. The Bertz CT molecular complexity index is 3960. The number of benzene rings is 8. The Balaban J connectivity index is 1.23. The first kappa shape index (κ1) is 50.7. The second kappa shape index (κ2) is 16.9. The molecule has 0 fully saturated rings. The molecule has 4 aliphatic rings. The Kier molecular flexibility index (Phi) is 11.0. The molecule has 0 saturated carbocycles. The van der Waals surface area contributed by atoms with Crippen LogP contribution in [0.15, 0.2) is 144 Å². The largest absolute Gasteiger partial charge is 0.456 e. The first-order valence-corrected chi connectivity index (χ1v) is 29.1. The zero-order valence-electron chi connectivity index (χ0n) is 49.5. The van der Waals surface area contributed by atoms with Gasteiger partial charge in [-0.3, -0.25) is 0 Å². The molecule has 4 heteroatoms. The Morgan fingerprint density at radius 1 is 0.449 bits per heavy atom. The van der Waals surface area contributed by atoms with E-state index in [2.05, 4.69) is 260 Å². The SMILES string of the molecule is Cc1cccc(C)c1-c1cc2c3c(c1)N(c1ccc(C(C)(C)C)cc1-c1ccccc1)c1cc4oc5cccc(C(C)(C)C)c5c4cc1B3c1cc3c(cc1N2c1ccc2c(c1)C(C)(C)CCC2(C)C)C(C)(C)CCC3(C)C. The van der Waals surface area contributed by atoms with Crippen LogP contribution in [0, 0.1) is 13.8 Å². The molecule has 13 rings (SSSR count). The van der Waals surface area contributed by atoms with Gasteiger partial charge in [0.1, 0.15) is 11.2 Å². The van der Waals surface area contributed by atoms with Crippen molar-refractivity contribution in [2.24, 2.45) is 0 Å². The van der Waals surface area contributed by atoms with Crippen molar-refractivity contribution < 1.29 is 4.42 Å². The maximum atomic E-state index is 7.15. The van der Waals surface area contributed by atoms with E-state index in [1.807, 2.05) is 0 Å². The quantitative estimate of drug-likeness (QED) is 0.164. The maximum Gasteiger partial charge on any atom is 0.252 e. The van der Waals surface area contributed by atoms with Gasteiger partial charge in [0.2, 0.25) is 0 Å². The van der Waals surface area contributed by atoms with E-state index in [1.165, 1.54) is 123 Å². The summed E-state index contributed by atoms with van der Waals surface area (Å²) in [6, 6.07) is 55.0. The number of hydrogen-bond donors (Lipinski definition) is 0. The minimum absolute atomic E-state index is 0.00146. The average Bonchev–Trinajstić information content (AvgIpc) is 2.52. The molecule has 0 radical (unpaired) electrons. The Hall–Kier alpha value is -6.78. The van der Waals surface area contributed by atoms with Gasteiger partial charge in [-0.2, -0.15) is 0 Å². The summed E-state index contributed by atoms with van der Waals surface area (Å²) in [4.78, 5) is 5.38. The molecule has 0 atom stereocenters. The highest BCUT2D eigenvalue weighted by Gasteiger charge is 2.48. The molecule has 2 aliphatic carbocycles. The van der Waals surface area contributed by atoms with Gasteiger partial charge in [-0.05, 0) is 198 Å². The van der Waals surface area contributed by atoms with Crippen molar-refractivity contribution in [3.63, 3.8) is 0 Å². The maximum absolute atomic E-state index is 7.15. The lowest BCUT2D eigenvalue weighted by molar-refractivity contribution is 0.332. The lowest BCUT2D eigenvalue weighted by Crippen LogP contribution is -2.62. The summed E-state index contributed by atoms with van der Waals surface area (Å²) in [6.07, 6.45) is 4.62. The van der Waals surface area contributed by atoms with E-state index in [0.717, 1.165) is 41.8 Å². The van der Waals surface area contributed by atoms with Crippen molar-refractivity contribution in [2.45, 2.75) is 169 Å². The monoisotopic (exact) mass is 1020 g/mol. The first-order chi connectivity index (χ1) is 36.7. The number of furan rings is 1. The number of aryl methyl sites for hydroxylation is 2. The summed E-state index contributed by atoms with van der Waals surface area (Å²) < 4.78 is 7.15. The van der Waals surface area contributed by atoms with Crippen LogP contribution in [0.1, 0.15) is 167 Å². The van der Waals surface area contributed by atoms with Gasteiger partial charge in [0.15, 0.2) is 0 Å². The third kappa shape index (κ3) is 7.65. The van der Waals surface area contributed by atoms with Gasteiger partial charge in [-0.1, -0.05) is 182 Å². The van der Waals surface area contributed by atoms with Crippen LogP contribution < -0.4 is 26.2 Å². The second-order valence-electron chi connectivity index (χ2n) is 28.8. The summed E-state index contributed by atoms with van der Waals surface area (Å²) >= 11 is 0. The van der Waals surface area contributed by atoms with Crippen molar-refractivity contribution in [1.82, 2.24) is 0 Å².